The molecule has 3 rings (SSSR count). The summed E-state index contributed by atoms with van der Waals surface area (Å²) in [5.74, 6) is -1.00. The summed E-state index contributed by atoms with van der Waals surface area (Å²) in [7, 11) is 0. The van der Waals surface area contributed by atoms with Crippen molar-refractivity contribution < 1.29 is 27.1 Å². The van der Waals surface area contributed by atoms with Crippen LogP contribution in [0.25, 0.3) is 22.6 Å². The van der Waals surface area contributed by atoms with Crippen molar-refractivity contribution in [2.45, 2.75) is 26.6 Å². The minimum absolute atomic E-state index is 0.0143. The lowest BCUT2D eigenvalue weighted by Gasteiger charge is -2.11. The fourth-order valence-electron chi connectivity index (χ4n) is 2.92. The number of hydrogen-bond donors (Lipinski definition) is 1. The predicted octanol–water partition coefficient (Wildman–Crippen LogP) is 6.55. The molecule has 32 heavy (non-hydrogen) atoms. The topological polar surface area (TPSA) is 64.4 Å². The van der Waals surface area contributed by atoms with E-state index in [9.17, 15) is 18.0 Å². The summed E-state index contributed by atoms with van der Waals surface area (Å²) in [6, 6.07) is 10.3. The molecule has 0 aliphatic heterocycles. The number of alkyl halides is 3. The van der Waals surface area contributed by atoms with Crippen LogP contribution in [0.5, 0.6) is 5.75 Å². The SMILES string of the molecule is C=C(CC)C(=CC=CC)NC(=O)c1cccc2nc(-c3ccccc3OC(F)(F)F)oc12. The third-order valence-electron chi connectivity index (χ3n) is 4.51. The Balaban J connectivity index is 2.01. The lowest BCUT2D eigenvalue weighted by molar-refractivity contribution is -0.274. The van der Waals surface area contributed by atoms with E-state index in [1.54, 1.807) is 30.4 Å². The first-order chi connectivity index (χ1) is 15.2. The Bertz CT molecular complexity index is 1210. The molecular formula is C24H21F3N2O3. The summed E-state index contributed by atoms with van der Waals surface area (Å²) < 4.78 is 48.1. The first-order valence-corrected chi connectivity index (χ1v) is 9.80. The third kappa shape index (κ3) is 5.26. The zero-order valence-electron chi connectivity index (χ0n) is 17.5. The van der Waals surface area contributed by atoms with Crippen LogP contribution in [0.4, 0.5) is 13.2 Å². The van der Waals surface area contributed by atoms with Crippen LogP contribution in [-0.4, -0.2) is 17.3 Å². The van der Waals surface area contributed by atoms with Crippen molar-refractivity contribution in [3.8, 4) is 17.2 Å². The molecule has 0 atom stereocenters. The smallest absolute Gasteiger partial charge is 0.435 e. The van der Waals surface area contributed by atoms with E-state index in [1.807, 2.05) is 19.9 Å². The number of fused-ring (bicyclic) bond motifs is 1. The number of nitrogens with one attached hydrogen (secondary N) is 1. The maximum absolute atomic E-state index is 13.0. The van der Waals surface area contributed by atoms with Crippen LogP contribution < -0.4 is 10.1 Å². The van der Waals surface area contributed by atoms with Crippen molar-refractivity contribution in [3.63, 3.8) is 0 Å². The normalized spacial score (nSPS) is 12.3. The molecule has 3 aromatic rings. The second-order valence-electron chi connectivity index (χ2n) is 6.73. The molecule has 0 unspecified atom stereocenters. The first kappa shape index (κ1) is 22.9. The van der Waals surface area contributed by atoms with Gasteiger partial charge in [0.1, 0.15) is 11.3 Å². The van der Waals surface area contributed by atoms with E-state index in [-0.39, 0.29) is 22.6 Å². The molecule has 1 amide bonds. The molecule has 1 N–H and O–H groups in total. The van der Waals surface area contributed by atoms with Crippen LogP contribution in [0.1, 0.15) is 30.6 Å². The van der Waals surface area contributed by atoms with Crippen molar-refractivity contribution in [1.29, 1.82) is 0 Å². The number of oxazole rings is 1. The Labute approximate surface area is 182 Å². The van der Waals surface area contributed by atoms with Gasteiger partial charge in [0, 0.05) is 5.70 Å². The van der Waals surface area contributed by atoms with Crippen LogP contribution in [0.3, 0.4) is 0 Å². The standard InChI is InChI=1S/C24H21F3N2O3/c1-4-6-12-18(15(3)5-2)28-22(30)17-11-9-13-19-21(17)31-23(29-19)16-10-7-8-14-20(16)32-24(25,26)27/h4,6-14H,3,5H2,1-2H3,(H,28,30). The average molecular weight is 442 g/mol. The Morgan fingerprint density at radius 2 is 1.97 bits per heavy atom. The Morgan fingerprint density at radius 1 is 1.22 bits per heavy atom. The van der Waals surface area contributed by atoms with Gasteiger partial charge in [-0.2, -0.15) is 0 Å². The number of rotatable bonds is 7. The minimum atomic E-state index is -4.87. The van der Waals surface area contributed by atoms with Crippen LogP contribution in [0, 0.1) is 0 Å². The summed E-state index contributed by atoms with van der Waals surface area (Å²) in [6.07, 6.45) is 1.10. The highest BCUT2D eigenvalue weighted by Gasteiger charge is 2.33. The number of halogens is 3. The summed E-state index contributed by atoms with van der Waals surface area (Å²) in [6.45, 7) is 7.73. The number of ether oxygens (including phenoxy) is 1. The number of nitrogens with zero attached hydrogens (tertiary/aromatic N) is 1. The van der Waals surface area contributed by atoms with Gasteiger partial charge in [-0.3, -0.25) is 4.79 Å². The quantitative estimate of drug-likeness (QED) is 0.422. The van der Waals surface area contributed by atoms with E-state index in [0.29, 0.717) is 17.6 Å². The molecule has 2 aromatic carbocycles. The molecule has 1 heterocycles. The fraction of sp³-hybridized carbons (Fsp3) is 0.167. The van der Waals surface area contributed by atoms with Gasteiger partial charge < -0.3 is 14.5 Å². The van der Waals surface area contributed by atoms with E-state index < -0.39 is 18.0 Å². The molecule has 0 saturated carbocycles. The van der Waals surface area contributed by atoms with Crippen LogP contribution in [0.2, 0.25) is 0 Å². The Morgan fingerprint density at radius 3 is 2.66 bits per heavy atom. The molecule has 1 aromatic heterocycles. The zero-order chi connectivity index (χ0) is 23.3. The van der Waals surface area contributed by atoms with Gasteiger partial charge in [0.2, 0.25) is 5.89 Å². The number of hydrogen-bond acceptors (Lipinski definition) is 4. The first-order valence-electron chi connectivity index (χ1n) is 9.80. The van der Waals surface area contributed by atoms with Gasteiger partial charge in [-0.05, 0) is 49.3 Å². The number of allylic oxidation sites excluding steroid dienone is 4. The van der Waals surface area contributed by atoms with Gasteiger partial charge in [-0.1, -0.05) is 43.9 Å². The zero-order valence-corrected chi connectivity index (χ0v) is 17.5. The number of carbonyl (C=O) groups excluding carboxylic acids is 1. The predicted molar refractivity (Wildman–Crippen MR) is 116 cm³/mol. The fourth-order valence-corrected chi connectivity index (χ4v) is 2.92. The van der Waals surface area contributed by atoms with Crippen LogP contribution in [-0.2, 0) is 0 Å². The number of carbonyl (C=O) groups is 1. The maximum Gasteiger partial charge on any atom is 0.573 e. The molecular weight excluding hydrogens is 421 g/mol. The van der Waals surface area contributed by atoms with Gasteiger partial charge in [0.05, 0.1) is 11.1 Å². The number of benzene rings is 2. The van der Waals surface area contributed by atoms with Crippen molar-refractivity contribution in [3.05, 3.63) is 84.1 Å². The molecule has 0 spiro atoms. The summed E-state index contributed by atoms with van der Waals surface area (Å²) in [5.41, 5.74) is 1.96. The van der Waals surface area contributed by atoms with Gasteiger partial charge in [-0.25, -0.2) is 4.98 Å². The van der Waals surface area contributed by atoms with E-state index in [2.05, 4.69) is 21.6 Å². The Kier molecular flexibility index (Phi) is 6.82. The second-order valence-corrected chi connectivity index (χ2v) is 6.73. The number of para-hydroxylation sites is 2. The number of aromatic nitrogens is 1. The van der Waals surface area contributed by atoms with Crippen molar-refractivity contribution in [2.75, 3.05) is 0 Å². The monoisotopic (exact) mass is 442 g/mol. The molecule has 0 fully saturated rings. The van der Waals surface area contributed by atoms with Crippen molar-refractivity contribution in [2.24, 2.45) is 0 Å². The van der Waals surface area contributed by atoms with Crippen LogP contribution in [0.15, 0.2) is 83.0 Å². The third-order valence-corrected chi connectivity index (χ3v) is 4.51. The highest BCUT2D eigenvalue weighted by Crippen LogP contribution is 2.35. The summed E-state index contributed by atoms with van der Waals surface area (Å²) in [5, 5.41) is 2.81. The van der Waals surface area contributed by atoms with Gasteiger partial charge >= 0.3 is 6.36 Å². The lowest BCUT2D eigenvalue weighted by Crippen LogP contribution is -2.23. The minimum Gasteiger partial charge on any atom is -0.435 e. The Hall–Kier alpha value is -3.81. The van der Waals surface area contributed by atoms with Crippen LogP contribution >= 0.6 is 0 Å². The highest BCUT2D eigenvalue weighted by molar-refractivity contribution is 6.05. The van der Waals surface area contributed by atoms with E-state index in [4.69, 9.17) is 4.42 Å². The largest absolute Gasteiger partial charge is 0.573 e. The molecule has 166 valence electrons. The molecule has 8 heteroatoms. The number of amides is 1. The van der Waals surface area contributed by atoms with Gasteiger partial charge in [-0.15, -0.1) is 13.2 Å². The second kappa shape index (κ2) is 9.55. The van der Waals surface area contributed by atoms with Crippen molar-refractivity contribution in [1.82, 2.24) is 10.3 Å². The molecule has 0 radical (unpaired) electrons. The van der Waals surface area contributed by atoms with Gasteiger partial charge in [0.25, 0.3) is 5.91 Å². The summed E-state index contributed by atoms with van der Waals surface area (Å²) in [4.78, 5) is 17.2. The maximum atomic E-state index is 13.0. The molecule has 0 aliphatic rings. The molecule has 0 bridgehead atoms. The lowest BCUT2D eigenvalue weighted by atomic mass is 10.1. The highest BCUT2D eigenvalue weighted by atomic mass is 19.4. The molecule has 0 saturated heterocycles. The van der Waals surface area contributed by atoms with Crippen molar-refractivity contribution >= 4 is 17.0 Å². The van der Waals surface area contributed by atoms with E-state index in [1.165, 1.54) is 24.3 Å². The average Bonchev–Trinajstić information content (AvgIpc) is 3.19. The van der Waals surface area contributed by atoms with Gasteiger partial charge in [0.15, 0.2) is 5.58 Å². The van der Waals surface area contributed by atoms with E-state index >= 15 is 0 Å². The summed E-state index contributed by atoms with van der Waals surface area (Å²) >= 11 is 0. The molecule has 0 aliphatic carbocycles. The molecule has 5 nitrogen and oxygen atoms in total. The van der Waals surface area contributed by atoms with E-state index in [0.717, 1.165) is 5.57 Å².